The van der Waals surface area contributed by atoms with Gasteiger partial charge in [0.1, 0.15) is 0 Å². The van der Waals surface area contributed by atoms with Crippen LogP contribution in [0, 0.1) is 11.3 Å². The Morgan fingerprint density at radius 1 is 1.24 bits per heavy atom. The number of ketones is 1. The maximum atomic E-state index is 11.9. The molecular weight excluding hydrogens is 322 g/mol. The summed E-state index contributed by atoms with van der Waals surface area (Å²) in [6.07, 6.45) is 0. The van der Waals surface area contributed by atoms with E-state index >= 15 is 0 Å². The summed E-state index contributed by atoms with van der Waals surface area (Å²) < 4.78 is 0.120. The van der Waals surface area contributed by atoms with E-state index in [2.05, 4.69) is 12.1 Å². The van der Waals surface area contributed by atoms with E-state index in [1.165, 1.54) is 4.46 Å². The van der Waals surface area contributed by atoms with E-state index in [9.17, 15) is 4.79 Å². The molecule has 0 spiro atoms. The third-order valence-corrected chi connectivity index (χ3v) is 7.13. The van der Waals surface area contributed by atoms with Crippen molar-refractivity contribution in [3.63, 3.8) is 0 Å². The fraction of sp³-hybridized carbons (Fsp3) is 0.462. The molecule has 4 heteroatoms. The third kappa shape index (κ3) is 2.17. The zero-order chi connectivity index (χ0) is 12.7. The van der Waals surface area contributed by atoms with Gasteiger partial charge in [-0.1, -0.05) is 0 Å². The predicted molar refractivity (Wildman–Crippen MR) is 73.4 cm³/mol. The number of halogens is 2. The van der Waals surface area contributed by atoms with Gasteiger partial charge in [-0.05, 0) is 0 Å². The summed E-state index contributed by atoms with van der Waals surface area (Å²) in [6, 6.07) is 10.3. The third-order valence-electron chi connectivity index (χ3n) is 3.47. The van der Waals surface area contributed by atoms with Crippen molar-refractivity contribution in [1.29, 1.82) is 0 Å². The van der Waals surface area contributed by atoms with E-state index < -0.39 is 4.33 Å². The van der Waals surface area contributed by atoms with Crippen LogP contribution in [0.25, 0.3) is 0 Å². The number of rotatable bonds is 3. The Morgan fingerprint density at radius 3 is 2.35 bits per heavy atom. The Bertz CT molecular complexity index is 428. The van der Waals surface area contributed by atoms with E-state index in [1.54, 1.807) is 0 Å². The first-order valence-electron chi connectivity index (χ1n) is 5.47. The number of carbonyl (C=O) groups excluding carboxylic acids is 1. The number of Topliss-reactive ketones (excluding diaryl/α,β-unsaturated/α-hetero) is 1. The molecule has 2 rings (SSSR count). The van der Waals surface area contributed by atoms with E-state index in [0.717, 1.165) is 5.32 Å². The van der Waals surface area contributed by atoms with Gasteiger partial charge in [-0.25, -0.2) is 0 Å². The van der Waals surface area contributed by atoms with Crippen molar-refractivity contribution in [2.24, 2.45) is 11.3 Å². The van der Waals surface area contributed by atoms with E-state index in [4.69, 9.17) is 23.2 Å². The summed E-state index contributed by atoms with van der Waals surface area (Å²) in [7, 11) is 0. The molecule has 0 radical (unpaired) electrons. The number of carbonyl (C=O) groups is 1. The van der Waals surface area contributed by atoms with Crippen molar-refractivity contribution in [2.45, 2.75) is 23.5 Å². The molecule has 0 bridgehead atoms. The summed E-state index contributed by atoms with van der Waals surface area (Å²) in [5.74, 6) is -0.0126. The zero-order valence-electron chi connectivity index (χ0n) is 9.74. The summed E-state index contributed by atoms with van der Waals surface area (Å²) in [5.41, 5.74) is -0.316. The van der Waals surface area contributed by atoms with Crippen LogP contribution in [0.15, 0.2) is 30.3 Å². The number of benzene rings is 1. The van der Waals surface area contributed by atoms with Crippen LogP contribution in [0.3, 0.4) is 0 Å². The van der Waals surface area contributed by atoms with Crippen molar-refractivity contribution in [3.8, 4) is 0 Å². The van der Waals surface area contributed by atoms with Crippen molar-refractivity contribution in [3.05, 3.63) is 30.3 Å². The normalized spacial score (nSPS) is 25.4. The second kappa shape index (κ2) is 4.59. The maximum absolute atomic E-state index is 11.9. The number of hydrogen-bond acceptors (Lipinski definition) is 1. The summed E-state index contributed by atoms with van der Waals surface area (Å²) in [5, 5.41) is 0.879. The molecule has 0 saturated heterocycles. The summed E-state index contributed by atoms with van der Waals surface area (Å²) in [6.45, 7) is 3.94. The van der Waals surface area contributed by atoms with Crippen LogP contribution >= 0.6 is 23.2 Å². The number of hydrogen-bond donors (Lipinski definition) is 0. The molecule has 1 unspecified atom stereocenters. The van der Waals surface area contributed by atoms with Gasteiger partial charge in [0.2, 0.25) is 0 Å². The van der Waals surface area contributed by atoms with Crippen LogP contribution in [0.1, 0.15) is 13.8 Å². The Labute approximate surface area is 118 Å². The molecule has 1 aromatic carbocycles. The Kier molecular flexibility index (Phi) is 3.62. The standard InChI is InChI=1S/C13H14Cl2OSe/c1-12(2)10(11(16)13(12,14)15)8-17-9-6-4-3-5-7-9/h3-7,10H,8H2,1-2H3. The summed E-state index contributed by atoms with van der Waals surface area (Å²) in [4.78, 5) is 11.9. The molecule has 17 heavy (non-hydrogen) atoms. The first-order valence-corrected chi connectivity index (χ1v) is 8.29. The van der Waals surface area contributed by atoms with Gasteiger partial charge in [-0.15, -0.1) is 0 Å². The number of alkyl halides is 2. The van der Waals surface area contributed by atoms with Crippen LogP contribution in [0.2, 0.25) is 5.32 Å². The van der Waals surface area contributed by atoms with Crippen LogP contribution < -0.4 is 4.46 Å². The van der Waals surface area contributed by atoms with E-state index in [0.29, 0.717) is 15.0 Å². The van der Waals surface area contributed by atoms with Gasteiger partial charge in [0, 0.05) is 0 Å². The first kappa shape index (κ1) is 13.4. The quantitative estimate of drug-likeness (QED) is 0.613. The molecule has 0 aliphatic heterocycles. The minimum atomic E-state index is -1.19. The van der Waals surface area contributed by atoms with Crippen molar-refractivity contribution >= 4 is 48.4 Å². The Hall–Kier alpha value is -0.0105. The molecule has 1 aliphatic rings. The van der Waals surface area contributed by atoms with Crippen LogP contribution in [0.4, 0.5) is 0 Å². The van der Waals surface area contributed by atoms with Crippen LogP contribution in [-0.2, 0) is 4.79 Å². The first-order chi connectivity index (χ1) is 7.87. The van der Waals surface area contributed by atoms with Gasteiger partial charge in [0.15, 0.2) is 0 Å². The summed E-state index contributed by atoms with van der Waals surface area (Å²) >= 11 is 12.4. The fourth-order valence-electron chi connectivity index (χ4n) is 1.99. The topological polar surface area (TPSA) is 17.1 Å². The van der Waals surface area contributed by atoms with Gasteiger partial charge in [-0.3, -0.25) is 0 Å². The molecule has 1 nitrogen and oxygen atoms in total. The molecule has 0 amide bonds. The van der Waals surface area contributed by atoms with Gasteiger partial charge >= 0.3 is 118 Å². The van der Waals surface area contributed by atoms with Crippen molar-refractivity contribution < 1.29 is 4.79 Å². The van der Waals surface area contributed by atoms with Crippen molar-refractivity contribution in [2.75, 3.05) is 0 Å². The Morgan fingerprint density at radius 2 is 1.82 bits per heavy atom. The molecule has 0 heterocycles. The molecule has 1 atom stereocenters. The van der Waals surface area contributed by atoms with Gasteiger partial charge < -0.3 is 0 Å². The molecular formula is C13H14Cl2OSe. The molecule has 1 aliphatic carbocycles. The van der Waals surface area contributed by atoms with E-state index in [1.807, 2.05) is 32.0 Å². The Balaban J connectivity index is 2.00. The average Bonchev–Trinajstić information content (AvgIpc) is 2.29. The molecule has 92 valence electrons. The van der Waals surface area contributed by atoms with Gasteiger partial charge in [0.05, 0.1) is 0 Å². The SMILES string of the molecule is CC1(C)C(C[Se]c2ccccc2)C(=O)C1(Cl)Cl. The zero-order valence-corrected chi connectivity index (χ0v) is 13.0. The molecule has 0 aromatic heterocycles. The van der Waals surface area contributed by atoms with Crippen LogP contribution in [0.5, 0.6) is 0 Å². The monoisotopic (exact) mass is 336 g/mol. The minimum absolute atomic E-state index is 0.00212. The second-order valence-corrected chi connectivity index (χ2v) is 8.46. The molecule has 1 saturated carbocycles. The van der Waals surface area contributed by atoms with Gasteiger partial charge in [0.25, 0.3) is 0 Å². The average molecular weight is 336 g/mol. The molecule has 1 aromatic rings. The molecule has 1 fully saturated rings. The second-order valence-electron chi connectivity index (χ2n) is 4.84. The van der Waals surface area contributed by atoms with Crippen molar-refractivity contribution in [1.82, 2.24) is 0 Å². The van der Waals surface area contributed by atoms with E-state index in [-0.39, 0.29) is 17.1 Å². The fourth-order valence-corrected chi connectivity index (χ4v) is 5.19. The molecule has 0 N–H and O–H groups in total. The van der Waals surface area contributed by atoms with Gasteiger partial charge in [-0.2, -0.15) is 0 Å². The predicted octanol–water partition coefficient (Wildman–Crippen LogP) is 2.83. The van der Waals surface area contributed by atoms with Crippen LogP contribution in [-0.4, -0.2) is 25.1 Å².